The summed E-state index contributed by atoms with van der Waals surface area (Å²) in [5.41, 5.74) is 0. The molecule has 0 aromatic carbocycles. The van der Waals surface area contributed by atoms with Crippen LogP contribution in [-0.4, -0.2) is 47.8 Å². The minimum Gasteiger partial charge on any atom is -0.353 e. The highest BCUT2D eigenvalue weighted by atomic mass is 16.2. The van der Waals surface area contributed by atoms with Crippen LogP contribution in [0.15, 0.2) is 0 Å². The molecular formula is C35H60N4O4. The van der Waals surface area contributed by atoms with Crippen molar-refractivity contribution in [1.29, 1.82) is 0 Å². The van der Waals surface area contributed by atoms with Crippen LogP contribution in [-0.2, 0) is 19.2 Å². The average Bonchev–Trinajstić information content (AvgIpc) is 3.02. The lowest BCUT2D eigenvalue weighted by atomic mass is 9.89. The number of hydrogen-bond donors (Lipinski definition) is 4. The summed E-state index contributed by atoms with van der Waals surface area (Å²) in [7, 11) is 0. The molecule has 0 aromatic rings. The van der Waals surface area contributed by atoms with Gasteiger partial charge in [0.25, 0.3) is 0 Å². The first-order valence-electron chi connectivity index (χ1n) is 18.2. The molecule has 4 aliphatic rings. The van der Waals surface area contributed by atoms with E-state index in [0.29, 0.717) is 19.3 Å². The second-order valence-electron chi connectivity index (χ2n) is 14.2. The van der Waals surface area contributed by atoms with Gasteiger partial charge in [0.1, 0.15) is 0 Å². The molecule has 43 heavy (non-hydrogen) atoms. The van der Waals surface area contributed by atoms with Crippen molar-refractivity contribution in [3.63, 3.8) is 0 Å². The van der Waals surface area contributed by atoms with Gasteiger partial charge in [0.15, 0.2) is 0 Å². The molecule has 4 N–H and O–H groups in total. The fraction of sp³-hybridized carbons (Fsp3) is 0.886. The number of nitrogens with one attached hydrogen (secondary N) is 4. The van der Waals surface area contributed by atoms with E-state index in [1.807, 2.05) is 0 Å². The van der Waals surface area contributed by atoms with E-state index in [0.717, 1.165) is 103 Å². The molecule has 8 nitrogen and oxygen atoms in total. The molecule has 0 heterocycles. The zero-order chi connectivity index (χ0) is 30.3. The minimum atomic E-state index is -0.413. The molecule has 4 amide bonds. The average molecular weight is 601 g/mol. The Morgan fingerprint density at radius 1 is 0.419 bits per heavy atom. The molecule has 4 rings (SSSR count). The zero-order valence-corrected chi connectivity index (χ0v) is 26.8. The SMILES string of the molecule is O=C(CC(CCCC(CC(=O)NC1CCCCC1)C(=O)NC1CCCCC1)C(=O)NC1CCCCC1)NC1CCCCC1. The molecule has 244 valence electrons. The molecule has 0 radical (unpaired) electrons. The predicted molar refractivity (Wildman–Crippen MR) is 170 cm³/mol. The van der Waals surface area contributed by atoms with Crippen LogP contribution < -0.4 is 21.3 Å². The first-order valence-corrected chi connectivity index (χ1v) is 18.2. The molecule has 8 heteroatoms. The highest BCUT2D eigenvalue weighted by Crippen LogP contribution is 2.25. The van der Waals surface area contributed by atoms with E-state index in [1.165, 1.54) is 25.7 Å². The molecule has 2 atom stereocenters. The highest BCUT2D eigenvalue weighted by Gasteiger charge is 2.29. The Balaban J connectivity index is 1.34. The standard InChI is InChI=1S/C35H60N4O4/c40-32(36-28-16-5-1-6-17-28)24-26(34(42)38-30-20-9-3-10-21-30)14-13-15-27(35(43)39-31-22-11-4-12-23-31)25-33(41)37-29-18-7-2-8-19-29/h26-31H,1-25H2,(H,36,40)(H,37,41)(H,38,42)(H,39,43). The summed E-state index contributed by atoms with van der Waals surface area (Å²) in [5.74, 6) is -0.941. The van der Waals surface area contributed by atoms with Crippen molar-refractivity contribution < 1.29 is 19.2 Å². The Hall–Kier alpha value is -2.12. The third kappa shape index (κ3) is 12.4. The largest absolute Gasteiger partial charge is 0.353 e. The number of rotatable bonds is 14. The van der Waals surface area contributed by atoms with Crippen molar-refractivity contribution in [3.8, 4) is 0 Å². The van der Waals surface area contributed by atoms with Crippen LogP contribution >= 0.6 is 0 Å². The lowest BCUT2D eigenvalue weighted by molar-refractivity contribution is -0.132. The fourth-order valence-electron chi connectivity index (χ4n) is 7.91. The van der Waals surface area contributed by atoms with E-state index in [-0.39, 0.29) is 60.6 Å². The number of amides is 4. The van der Waals surface area contributed by atoms with Crippen molar-refractivity contribution >= 4 is 23.6 Å². The van der Waals surface area contributed by atoms with Crippen molar-refractivity contribution in [2.45, 2.75) is 185 Å². The van der Waals surface area contributed by atoms with E-state index < -0.39 is 11.8 Å². The van der Waals surface area contributed by atoms with Crippen LogP contribution in [0.25, 0.3) is 0 Å². The quantitative estimate of drug-likeness (QED) is 0.197. The lowest BCUT2D eigenvalue weighted by Crippen LogP contribution is -2.43. The van der Waals surface area contributed by atoms with Gasteiger partial charge in [-0.1, -0.05) is 83.5 Å². The molecule has 4 saturated carbocycles. The van der Waals surface area contributed by atoms with Crippen molar-refractivity contribution in [2.24, 2.45) is 11.8 Å². The summed E-state index contributed by atoms with van der Waals surface area (Å²) in [6.45, 7) is 0. The summed E-state index contributed by atoms with van der Waals surface area (Å²) >= 11 is 0. The highest BCUT2D eigenvalue weighted by molar-refractivity contribution is 5.87. The molecular weight excluding hydrogens is 540 g/mol. The van der Waals surface area contributed by atoms with Crippen LogP contribution in [0.4, 0.5) is 0 Å². The molecule has 0 saturated heterocycles. The predicted octanol–water partition coefficient (Wildman–Crippen LogP) is 5.96. The first kappa shape index (κ1) is 33.8. The van der Waals surface area contributed by atoms with Crippen molar-refractivity contribution in [3.05, 3.63) is 0 Å². The molecule has 0 spiro atoms. The monoisotopic (exact) mass is 600 g/mol. The maximum Gasteiger partial charge on any atom is 0.223 e. The molecule has 0 aliphatic heterocycles. The van der Waals surface area contributed by atoms with Crippen LogP contribution in [0.1, 0.15) is 161 Å². The smallest absolute Gasteiger partial charge is 0.223 e. The normalized spacial score (nSPS) is 22.7. The van der Waals surface area contributed by atoms with E-state index in [1.54, 1.807) is 0 Å². The summed E-state index contributed by atoms with van der Waals surface area (Å²) in [6, 6.07) is 0.836. The molecule has 0 aromatic heterocycles. The van der Waals surface area contributed by atoms with Crippen LogP contribution in [0, 0.1) is 11.8 Å². The zero-order valence-electron chi connectivity index (χ0n) is 26.8. The van der Waals surface area contributed by atoms with Gasteiger partial charge in [-0.3, -0.25) is 19.2 Å². The minimum absolute atomic E-state index is 0.0241. The Bertz CT molecular complexity index is 801. The van der Waals surface area contributed by atoms with E-state index in [2.05, 4.69) is 21.3 Å². The fourth-order valence-corrected chi connectivity index (χ4v) is 7.91. The van der Waals surface area contributed by atoms with Gasteiger partial charge in [-0.2, -0.15) is 0 Å². The molecule has 0 bridgehead atoms. The van der Waals surface area contributed by atoms with Crippen LogP contribution in [0.5, 0.6) is 0 Å². The number of carbonyl (C=O) groups excluding carboxylic acids is 4. The van der Waals surface area contributed by atoms with Crippen LogP contribution in [0.2, 0.25) is 0 Å². The Kier molecular flexibility index (Phi) is 14.6. The van der Waals surface area contributed by atoms with Gasteiger partial charge in [-0.05, 0) is 64.2 Å². The molecule has 4 fully saturated rings. The maximum atomic E-state index is 13.5. The Morgan fingerprint density at radius 3 is 1.00 bits per heavy atom. The second-order valence-corrected chi connectivity index (χ2v) is 14.2. The summed E-state index contributed by atoms with van der Waals surface area (Å²) in [6.07, 6.45) is 24.3. The van der Waals surface area contributed by atoms with Gasteiger partial charge in [-0.15, -0.1) is 0 Å². The lowest BCUT2D eigenvalue weighted by Gasteiger charge is -2.28. The van der Waals surface area contributed by atoms with Gasteiger partial charge in [-0.25, -0.2) is 0 Å². The maximum absolute atomic E-state index is 13.5. The summed E-state index contributed by atoms with van der Waals surface area (Å²) in [5, 5.41) is 12.9. The van der Waals surface area contributed by atoms with Crippen LogP contribution in [0.3, 0.4) is 0 Å². The Morgan fingerprint density at radius 2 is 0.698 bits per heavy atom. The van der Waals surface area contributed by atoms with Gasteiger partial charge in [0.2, 0.25) is 23.6 Å². The van der Waals surface area contributed by atoms with E-state index in [9.17, 15) is 19.2 Å². The van der Waals surface area contributed by atoms with Gasteiger partial charge in [0, 0.05) is 48.8 Å². The molecule has 4 aliphatic carbocycles. The summed E-state index contributed by atoms with van der Waals surface area (Å²) in [4.78, 5) is 53.1. The van der Waals surface area contributed by atoms with Crippen molar-refractivity contribution in [2.75, 3.05) is 0 Å². The third-order valence-corrected chi connectivity index (χ3v) is 10.6. The number of carbonyl (C=O) groups is 4. The van der Waals surface area contributed by atoms with Gasteiger partial charge in [0.05, 0.1) is 0 Å². The first-order chi connectivity index (χ1) is 21.0. The third-order valence-electron chi connectivity index (χ3n) is 10.6. The Labute approximate surface area is 260 Å². The van der Waals surface area contributed by atoms with E-state index in [4.69, 9.17) is 0 Å². The molecule has 2 unspecified atom stereocenters. The second kappa shape index (κ2) is 18.6. The van der Waals surface area contributed by atoms with E-state index >= 15 is 0 Å². The topological polar surface area (TPSA) is 116 Å². The van der Waals surface area contributed by atoms with Gasteiger partial charge < -0.3 is 21.3 Å². The number of hydrogen-bond acceptors (Lipinski definition) is 4. The summed E-state index contributed by atoms with van der Waals surface area (Å²) < 4.78 is 0. The van der Waals surface area contributed by atoms with Gasteiger partial charge >= 0.3 is 0 Å². The van der Waals surface area contributed by atoms with Crippen molar-refractivity contribution in [1.82, 2.24) is 21.3 Å².